The van der Waals surface area contributed by atoms with E-state index in [1.54, 1.807) is 15.5 Å². The second-order valence-corrected chi connectivity index (χ2v) is 7.92. The van der Waals surface area contributed by atoms with Crippen LogP contribution in [0.2, 0.25) is 5.02 Å². The van der Waals surface area contributed by atoms with Crippen LogP contribution in [0.25, 0.3) is 6.08 Å². The lowest BCUT2D eigenvalue weighted by Crippen LogP contribution is -2.48. The van der Waals surface area contributed by atoms with Crippen molar-refractivity contribution in [3.05, 3.63) is 74.7 Å². The fraction of sp³-hybridized carbons (Fsp3) is 0.333. The molecule has 2 atom stereocenters. The van der Waals surface area contributed by atoms with Gasteiger partial charge in [0, 0.05) is 43.4 Å². The summed E-state index contributed by atoms with van der Waals surface area (Å²) in [6, 6.07) is 8.73. The van der Waals surface area contributed by atoms with Gasteiger partial charge in [-0.1, -0.05) is 23.7 Å². The lowest BCUT2D eigenvalue weighted by Gasteiger charge is -2.42. The number of likely N-dealkylation sites (tertiary alicyclic amines) is 1. The van der Waals surface area contributed by atoms with Gasteiger partial charge < -0.3 is 9.47 Å². The molecular weight excluding hydrogens is 405 g/mol. The molecule has 1 aromatic heterocycles. The predicted octanol–water partition coefficient (Wildman–Crippen LogP) is 4.18. The molecule has 1 amide bonds. The van der Waals surface area contributed by atoms with E-state index in [0.29, 0.717) is 19.6 Å². The van der Waals surface area contributed by atoms with Crippen molar-refractivity contribution in [3.8, 4) is 0 Å². The van der Waals surface area contributed by atoms with Gasteiger partial charge in [-0.3, -0.25) is 9.59 Å². The molecule has 0 spiro atoms. The van der Waals surface area contributed by atoms with Crippen molar-refractivity contribution in [3.63, 3.8) is 0 Å². The highest BCUT2D eigenvalue weighted by molar-refractivity contribution is 6.31. The minimum absolute atomic E-state index is 0.0277. The zero-order valence-corrected chi connectivity index (χ0v) is 16.1. The van der Waals surface area contributed by atoms with Crippen molar-refractivity contribution in [1.82, 2.24) is 9.47 Å². The number of benzene rings is 1. The van der Waals surface area contributed by atoms with Gasteiger partial charge in [0.05, 0.1) is 10.6 Å². The molecule has 0 N–H and O–H groups in total. The summed E-state index contributed by atoms with van der Waals surface area (Å²) in [5.74, 6) is 0.0158. The maximum atomic E-state index is 13.0. The van der Waals surface area contributed by atoms with E-state index >= 15 is 0 Å². The Hall–Kier alpha value is -2.54. The standard InChI is InChI=1S/C21H18ClF3N2O2/c22-17-6-4-13(9-16(17)21(23,24)25)5-7-19(28)26-10-14-8-15(12-26)18-2-1-3-20(29)27(18)11-14/h1-7,9,14-15H,8,10-12H2. The first kappa shape index (κ1) is 19.8. The SMILES string of the molecule is O=C(C=Cc1ccc(Cl)c(C(F)(F)F)c1)N1CC2CC(C1)c1cccc(=O)n1C2. The van der Waals surface area contributed by atoms with Gasteiger partial charge in [-0.05, 0) is 42.2 Å². The van der Waals surface area contributed by atoms with Crippen LogP contribution in [0.3, 0.4) is 0 Å². The monoisotopic (exact) mass is 422 g/mol. The third-order valence-electron chi connectivity index (χ3n) is 5.51. The first-order valence-electron chi connectivity index (χ1n) is 9.26. The summed E-state index contributed by atoms with van der Waals surface area (Å²) in [5, 5.41) is -0.376. The van der Waals surface area contributed by atoms with E-state index in [-0.39, 0.29) is 33.9 Å². The molecule has 4 rings (SSSR count). The van der Waals surface area contributed by atoms with Crippen LogP contribution in [0.15, 0.2) is 47.3 Å². The molecule has 0 saturated carbocycles. The number of carbonyl (C=O) groups excluding carboxylic acids is 1. The Morgan fingerprint density at radius 3 is 2.69 bits per heavy atom. The number of alkyl halides is 3. The van der Waals surface area contributed by atoms with Crippen LogP contribution < -0.4 is 5.56 Å². The highest BCUT2D eigenvalue weighted by atomic mass is 35.5. The fourth-order valence-electron chi connectivity index (χ4n) is 4.21. The number of rotatable bonds is 2. The number of hydrogen-bond acceptors (Lipinski definition) is 2. The molecule has 29 heavy (non-hydrogen) atoms. The lowest BCUT2D eigenvalue weighted by molar-refractivity contribution is -0.137. The molecule has 1 fully saturated rings. The van der Waals surface area contributed by atoms with E-state index in [1.165, 1.54) is 30.4 Å². The molecule has 2 unspecified atom stereocenters. The molecule has 2 bridgehead atoms. The molecule has 4 nitrogen and oxygen atoms in total. The van der Waals surface area contributed by atoms with Gasteiger partial charge >= 0.3 is 6.18 Å². The number of halogens is 4. The van der Waals surface area contributed by atoms with E-state index in [1.807, 2.05) is 6.07 Å². The van der Waals surface area contributed by atoms with Crippen LogP contribution in [-0.4, -0.2) is 28.5 Å². The quantitative estimate of drug-likeness (QED) is 0.681. The van der Waals surface area contributed by atoms with Crippen molar-refractivity contribution >= 4 is 23.6 Å². The summed E-state index contributed by atoms with van der Waals surface area (Å²) in [5.41, 5.74) is 0.232. The minimum atomic E-state index is -4.55. The van der Waals surface area contributed by atoms with E-state index < -0.39 is 11.7 Å². The van der Waals surface area contributed by atoms with Crippen LogP contribution in [-0.2, 0) is 17.5 Å². The smallest absolute Gasteiger partial charge is 0.338 e. The Kier molecular flexibility index (Phi) is 5.02. The summed E-state index contributed by atoms with van der Waals surface area (Å²) < 4.78 is 40.8. The average molecular weight is 423 g/mol. The second-order valence-electron chi connectivity index (χ2n) is 7.51. The number of hydrogen-bond donors (Lipinski definition) is 0. The zero-order valence-electron chi connectivity index (χ0n) is 15.3. The summed E-state index contributed by atoms with van der Waals surface area (Å²) in [7, 11) is 0. The Labute approximate surface area is 170 Å². The van der Waals surface area contributed by atoms with Crippen molar-refractivity contribution in [2.75, 3.05) is 13.1 Å². The van der Waals surface area contributed by atoms with E-state index in [4.69, 9.17) is 11.6 Å². The third kappa shape index (κ3) is 3.96. The number of fused-ring (bicyclic) bond motifs is 4. The van der Waals surface area contributed by atoms with Gasteiger partial charge in [0.15, 0.2) is 0 Å². The van der Waals surface area contributed by atoms with Crippen molar-refractivity contribution in [1.29, 1.82) is 0 Å². The van der Waals surface area contributed by atoms with E-state index in [2.05, 4.69) is 0 Å². The molecule has 1 aromatic carbocycles. The first-order chi connectivity index (χ1) is 13.7. The molecule has 8 heteroatoms. The van der Waals surface area contributed by atoms with Gasteiger partial charge in [0.1, 0.15) is 0 Å². The van der Waals surface area contributed by atoms with Crippen molar-refractivity contribution < 1.29 is 18.0 Å². The molecule has 2 aromatic rings. The Bertz CT molecular complexity index is 1040. The van der Waals surface area contributed by atoms with Crippen molar-refractivity contribution in [2.45, 2.75) is 25.1 Å². The van der Waals surface area contributed by atoms with Crippen LogP contribution in [0, 0.1) is 5.92 Å². The molecule has 2 aliphatic heterocycles. The number of nitrogens with zero attached hydrogens (tertiary/aromatic N) is 2. The summed E-state index contributed by atoms with van der Waals surface area (Å²) in [4.78, 5) is 26.4. The largest absolute Gasteiger partial charge is 0.417 e. The van der Waals surface area contributed by atoms with Crippen LogP contribution >= 0.6 is 11.6 Å². The van der Waals surface area contributed by atoms with Crippen molar-refractivity contribution in [2.24, 2.45) is 5.92 Å². The predicted molar refractivity (Wildman–Crippen MR) is 104 cm³/mol. The molecule has 2 aliphatic rings. The highest BCUT2D eigenvalue weighted by Crippen LogP contribution is 2.36. The Morgan fingerprint density at radius 1 is 1.14 bits per heavy atom. The van der Waals surface area contributed by atoms with E-state index in [0.717, 1.165) is 18.2 Å². The molecule has 0 aliphatic carbocycles. The van der Waals surface area contributed by atoms with Crippen LogP contribution in [0.1, 0.15) is 29.2 Å². The molecule has 3 heterocycles. The molecule has 0 radical (unpaired) electrons. The second kappa shape index (κ2) is 7.37. The summed E-state index contributed by atoms with van der Waals surface area (Å²) in [6.07, 6.45) is -0.969. The van der Waals surface area contributed by atoms with Gasteiger partial charge in [0.2, 0.25) is 5.91 Å². The maximum absolute atomic E-state index is 13.0. The first-order valence-corrected chi connectivity index (χ1v) is 9.63. The Morgan fingerprint density at radius 2 is 1.93 bits per heavy atom. The molecule has 152 valence electrons. The summed E-state index contributed by atoms with van der Waals surface area (Å²) >= 11 is 5.63. The topological polar surface area (TPSA) is 42.3 Å². The fourth-order valence-corrected chi connectivity index (χ4v) is 4.44. The Balaban J connectivity index is 1.51. The van der Waals surface area contributed by atoms with Gasteiger partial charge in [-0.25, -0.2) is 0 Å². The number of pyridine rings is 1. The number of piperidine rings is 1. The van der Waals surface area contributed by atoms with Crippen LogP contribution in [0.4, 0.5) is 13.2 Å². The number of amides is 1. The zero-order chi connectivity index (χ0) is 20.8. The minimum Gasteiger partial charge on any atom is -0.338 e. The third-order valence-corrected chi connectivity index (χ3v) is 5.84. The number of carbonyl (C=O) groups is 1. The number of aromatic nitrogens is 1. The summed E-state index contributed by atoms with van der Waals surface area (Å²) in [6.45, 7) is 1.58. The van der Waals surface area contributed by atoms with Gasteiger partial charge in [-0.2, -0.15) is 13.2 Å². The highest BCUT2D eigenvalue weighted by Gasteiger charge is 2.36. The molecular formula is C21H18ClF3N2O2. The van der Waals surface area contributed by atoms with E-state index in [9.17, 15) is 22.8 Å². The normalized spacial score (nSPS) is 21.3. The lowest BCUT2D eigenvalue weighted by atomic mass is 9.83. The molecule has 1 saturated heterocycles. The van der Waals surface area contributed by atoms with Gasteiger partial charge in [-0.15, -0.1) is 0 Å². The van der Waals surface area contributed by atoms with Crippen LogP contribution in [0.5, 0.6) is 0 Å². The maximum Gasteiger partial charge on any atom is 0.417 e. The van der Waals surface area contributed by atoms with Gasteiger partial charge in [0.25, 0.3) is 5.56 Å². The average Bonchev–Trinajstić information content (AvgIpc) is 2.67.